The molecule has 1 unspecified atom stereocenters. The SMILES string of the molecule is CC[C@@]1(C(=O)O)C[N+](C(=O)O)(C(C)(C)C)C[C@]12CCCc1cc(Br)ccc12. The van der Waals surface area contributed by atoms with Crippen LogP contribution < -0.4 is 0 Å². The second-order valence-corrected chi connectivity index (χ2v) is 10.1. The molecule has 3 rings (SSSR count). The molecule has 0 bridgehead atoms. The first kappa shape index (κ1) is 20.3. The van der Waals surface area contributed by atoms with Crippen molar-refractivity contribution < 1.29 is 24.3 Å². The second kappa shape index (κ2) is 6.31. The number of hydrogen-bond acceptors (Lipinski definition) is 2. The summed E-state index contributed by atoms with van der Waals surface area (Å²) >= 11 is 3.53. The fourth-order valence-electron chi connectivity index (χ4n) is 5.66. The molecule has 0 aromatic heterocycles. The molecule has 27 heavy (non-hydrogen) atoms. The zero-order valence-electron chi connectivity index (χ0n) is 16.5. The molecule has 1 fully saturated rings. The van der Waals surface area contributed by atoms with E-state index in [1.807, 2.05) is 39.8 Å². The number of nitrogens with zero attached hydrogens (tertiary/aromatic N) is 1. The van der Waals surface area contributed by atoms with Crippen molar-refractivity contribution in [2.24, 2.45) is 5.41 Å². The van der Waals surface area contributed by atoms with Crippen LogP contribution in [0.3, 0.4) is 0 Å². The van der Waals surface area contributed by atoms with E-state index in [4.69, 9.17) is 0 Å². The normalized spacial score (nSPS) is 33.1. The van der Waals surface area contributed by atoms with Gasteiger partial charge in [-0.2, -0.15) is 4.79 Å². The zero-order chi connectivity index (χ0) is 20.3. The highest BCUT2D eigenvalue weighted by molar-refractivity contribution is 9.10. The fraction of sp³-hybridized carbons (Fsp3) is 0.619. The summed E-state index contributed by atoms with van der Waals surface area (Å²) in [5, 5.41) is 20.7. The van der Waals surface area contributed by atoms with Crippen molar-refractivity contribution in [1.29, 1.82) is 0 Å². The Morgan fingerprint density at radius 2 is 1.89 bits per heavy atom. The van der Waals surface area contributed by atoms with Crippen molar-refractivity contribution in [1.82, 2.24) is 0 Å². The molecule has 1 heterocycles. The van der Waals surface area contributed by atoms with Gasteiger partial charge in [0.05, 0.1) is 5.41 Å². The van der Waals surface area contributed by atoms with E-state index < -0.39 is 28.4 Å². The number of carbonyl (C=O) groups is 2. The number of quaternary nitrogens is 1. The van der Waals surface area contributed by atoms with Crippen LogP contribution in [-0.2, 0) is 16.6 Å². The molecular formula is C21H29BrNO4+. The van der Waals surface area contributed by atoms with Crippen LogP contribution in [0.4, 0.5) is 4.79 Å². The van der Waals surface area contributed by atoms with Crippen molar-refractivity contribution in [3.8, 4) is 0 Å². The Morgan fingerprint density at radius 1 is 1.22 bits per heavy atom. The van der Waals surface area contributed by atoms with Gasteiger partial charge in [-0.25, -0.2) is 4.48 Å². The lowest BCUT2D eigenvalue weighted by Gasteiger charge is -2.44. The number of fused-ring (bicyclic) bond motifs is 2. The summed E-state index contributed by atoms with van der Waals surface area (Å²) in [6.45, 7) is 8.07. The first-order valence-electron chi connectivity index (χ1n) is 9.59. The number of halogens is 1. The molecule has 3 atom stereocenters. The number of hydrogen-bond donors (Lipinski definition) is 2. The monoisotopic (exact) mass is 438 g/mol. The number of rotatable bonds is 2. The van der Waals surface area contributed by atoms with Crippen molar-refractivity contribution in [3.63, 3.8) is 0 Å². The third-order valence-electron chi connectivity index (χ3n) is 7.29. The minimum atomic E-state index is -1.10. The Kier molecular flexibility index (Phi) is 4.75. The Labute approximate surface area is 169 Å². The fourth-order valence-corrected chi connectivity index (χ4v) is 6.07. The molecule has 1 saturated heterocycles. The summed E-state index contributed by atoms with van der Waals surface area (Å²) in [7, 11) is 0. The molecule has 1 amide bonds. The molecule has 148 valence electrons. The van der Waals surface area contributed by atoms with Crippen molar-refractivity contribution in [3.05, 3.63) is 33.8 Å². The van der Waals surface area contributed by atoms with Gasteiger partial charge < -0.3 is 10.2 Å². The molecule has 1 aromatic carbocycles. The average molecular weight is 439 g/mol. The van der Waals surface area contributed by atoms with Crippen molar-refractivity contribution >= 4 is 28.0 Å². The number of aryl methyl sites for hydroxylation is 1. The van der Waals surface area contributed by atoms with E-state index in [0.29, 0.717) is 19.4 Å². The molecule has 2 N–H and O–H groups in total. The molecule has 2 aliphatic rings. The number of benzene rings is 1. The van der Waals surface area contributed by atoms with E-state index in [2.05, 4.69) is 22.0 Å². The molecule has 1 spiro atoms. The van der Waals surface area contributed by atoms with Crippen LogP contribution in [-0.4, -0.2) is 45.4 Å². The Bertz CT molecular complexity index is 802. The molecule has 6 heteroatoms. The van der Waals surface area contributed by atoms with E-state index in [0.717, 1.165) is 28.4 Å². The summed E-state index contributed by atoms with van der Waals surface area (Å²) in [5.74, 6) is -0.869. The van der Waals surface area contributed by atoms with E-state index in [9.17, 15) is 19.8 Å². The molecule has 5 nitrogen and oxygen atoms in total. The van der Waals surface area contributed by atoms with Crippen LogP contribution in [0.15, 0.2) is 22.7 Å². The van der Waals surface area contributed by atoms with Gasteiger partial charge in [0.25, 0.3) is 0 Å². The number of amides is 1. The lowest BCUT2D eigenvalue weighted by molar-refractivity contribution is -0.896. The first-order chi connectivity index (χ1) is 12.5. The second-order valence-electron chi connectivity index (χ2n) is 9.22. The number of likely N-dealkylation sites (tertiary alicyclic amines) is 1. The van der Waals surface area contributed by atoms with Crippen molar-refractivity contribution in [2.75, 3.05) is 13.1 Å². The highest BCUT2D eigenvalue weighted by Crippen LogP contribution is 2.60. The van der Waals surface area contributed by atoms with Crippen LogP contribution in [0.2, 0.25) is 0 Å². The lowest BCUT2D eigenvalue weighted by atomic mass is 9.55. The maximum atomic E-state index is 12.7. The maximum absolute atomic E-state index is 12.7. The minimum absolute atomic E-state index is 0.118. The zero-order valence-corrected chi connectivity index (χ0v) is 18.1. The van der Waals surface area contributed by atoms with Gasteiger partial charge in [0.1, 0.15) is 24.0 Å². The third kappa shape index (κ3) is 2.59. The summed E-state index contributed by atoms with van der Waals surface area (Å²) in [4.78, 5) is 25.3. The Hall–Kier alpha value is -1.40. The molecule has 1 aliphatic heterocycles. The summed E-state index contributed by atoms with van der Waals surface area (Å²) in [6.07, 6.45) is 1.98. The maximum Gasteiger partial charge on any atom is 0.514 e. The molecule has 0 saturated carbocycles. The lowest BCUT2D eigenvalue weighted by Crippen LogP contribution is -2.63. The van der Waals surface area contributed by atoms with Gasteiger partial charge in [-0.15, -0.1) is 0 Å². The first-order valence-corrected chi connectivity index (χ1v) is 10.4. The van der Waals surface area contributed by atoms with E-state index in [1.165, 1.54) is 0 Å². The van der Waals surface area contributed by atoms with Gasteiger partial charge >= 0.3 is 12.1 Å². The number of carboxylic acids is 1. The van der Waals surface area contributed by atoms with E-state index >= 15 is 0 Å². The van der Waals surface area contributed by atoms with Gasteiger partial charge in [0.15, 0.2) is 0 Å². The molecule has 1 aromatic rings. The van der Waals surface area contributed by atoms with Gasteiger partial charge in [0, 0.05) is 4.47 Å². The molecule has 1 aliphatic carbocycles. The van der Waals surface area contributed by atoms with Crippen LogP contribution >= 0.6 is 15.9 Å². The molecule has 0 radical (unpaired) electrons. The smallest absolute Gasteiger partial charge is 0.481 e. The van der Waals surface area contributed by atoms with Gasteiger partial charge in [-0.1, -0.05) is 28.9 Å². The average Bonchev–Trinajstić information content (AvgIpc) is 2.88. The largest absolute Gasteiger partial charge is 0.514 e. The summed E-state index contributed by atoms with van der Waals surface area (Å²) in [5.41, 5.74) is -0.186. The van der Waals surface area contributed by atoms with Gasteiger partial charge in [-0.3, -0.25) is 4.79 Å². The van der Waals surface area contributed by atoms with Crippen LogP contribution in [0, 0.1) is 5.41 Å². The molecular weight excluding hydrogens is 410 g/mol. The number of carboxylic acid groups (broad SMARTS) is 2. The quantitative estimate of drug-likeness (QED) is 0.649. The summed E-state index contributed by atoms with van der Waals surface area (Å²) in [6, 6.07) is 6.05. The van der Waals surface area contributed by atoms with Gasteiger partial charge in [0.2, 0.25) is 0 Å². The van der Waals surface area contributed by atoms with Crippen LogP contribution in [0.25, 0.3) is 0 Å². The van der Waals surface area contributed by atoms with E-state index in [1.54, 1.807) is 0 Å². The third-order valence-corrected chi connectivity index (χ3v) is 7.78. The number of aliphatic carboxylic acids is 1. The van der Waals surface area contributed by atoms with Gasteiger partial charge in [-0.05, 0) is 69.7 Å². The van der Waals surface area contributed by atoms with Crippen molar-refractivity contribution in [2.45, 2.75) is 64.3 Å². The Morgan fingerprint density at radius 3 is 2.41 bits per heavy atom. The van der Waals surface area contributed by atoms with Crippen LogP contribution in [0.1, 0.15) is 58.1 Å². The van der Waals surface area contributed by atoms with E-state index in [-0.39, 0.29) is 11.0 Å². The predicted molar refractivity (Wildman–Crippen MR) is 107 cm³/mol. The topological polar surface area (TPSA) is 74.6 Å². The standard InChI is InChI=1S/C21H28BrNO4/c1-5-20(17(24)25)12-23(18(26)27,19(2,3)4)13-21(20)10-6-7-14-11-15(22)8-9-16(14)21/h8-9,11H,5-7,10,12-13H2,1-4H3,(H-,24,25,26,27)/p+1/t20-,21-,23?/m0/s1. The highest BCUT2D eigenvalue weighted by Gasteiger charge is 2.73. The Balaban J connectivity index is 2.34. The minimum Gasteiger partial charge on any atom is -0.481 e. The predicted octanol–water partition coefficient (Wildman–Crippen LogP) is 4.81. The summed E-state index contributed by atoms with van der Waals surface area (Å²) < 4.78 is 0.756. The van der Waals surface area contributed by atoms with Crippen LogP contribution in [0.5, 0.6) is 0 Å². The highest BCUT2D eigenvalue weighted by atomic mass is 79.9.